The molecule has 76 valence electrons. The van der Waals surface area contributed by atoms with Gasteiger partial charge >= 0.3 is 0 Å². The predicted octanol–water partition coefficient (Wildman–Crippen LogP) is 3.01. The third-order valence-electron chi connectivity index (χ3n) is 1.21. The van der Waals surface area contributed by atoms with Crippen molar-refractivity contribution in [3.05, 3.63) is 0 Å². The zero-order chi connectivity index (χ0) is 10.9. The molecule has 0 fully saturated rings. The second-order valence-corrected chi connectivity index (χ2v) is 2.61. The average molecular weight is 216 g/mol. The predicted molar refractivity (Wildman–Crippen MR) is 60.4 cm³/mol. The number of hydrogen-bond acceptors (Lipinski definition) is 4. The van der Waals surface area contributed by atoms with Gasteiger partial charge in [-0.25, -0.2) is 10.5 Å². The lowest BCUT2D eigenvalue weighted by atomic mass is 10.2. The number of hydrogen-bond donors (Lipinski definition) is 0. The third kappa shape index (κ3) is 86.6. The molecule has 13 heavy (non-hydrogen) atoms. The lowest BCUT2D eigenvalue weighted by Crippen LogP contribution is -1.70. The van der Waals surface area contributed by atoms with Crippen LogP contribution in [0.5, 0.6) is 0 Å². The van der Waals surface area contributed by atoms with Gasteiger partial charge in [-0.1, -0.05) is 56.8 Å². The van der Waals surface area contributed by atoms with Crippen LogP contribution in [0.15, 0.2) is 0 Å². The van der Waals surface area contributed by atoms with E-state index in [2.05, 4.69) is 39.1 Å². The smallest absolute Gasteiger partial charge is 0.0533 e. The van der Waals surface area contributed by atoms with E-state index >= 15 is 0 Å². The van der Waals surface area contributed by atoms with Gasteiger partial charge in [0.2, 0.25) is 0 Å². The van der Waals surface area contributed by atoms with Crippen LogP contribution in [0.3, 0.4) is 0 Å². The van der Waals surface area contributed by atoms with Crippen molar-refractivity contribution in [2.75, 3.05) is 0 Å². The molecule has 0 aromatic carbocycles. The van der Waals surface area contributed by atoms with Crippen LogP contribution in [-0.2, 0) is 25.3 Å². The molecule has 0 atom stereocenters. The van der Waals surface area contributed by atoms with Crippen LogP contribution in [0, 0.1) is 21.3 Å². The molecular weight excluding hydrogens is 200 g/mol. The highest BCUT2D eigenvalue weighted by Crippen LogP contribution is 2.00. The van der Waals surface area contributed by atoms with Gasteiger partial charge < -0.3 is 25.3 Å². The molecule has 0 bridgehead atoms. The Labute approximate surface area is 92.8 Å². The molecule has 0 aromatic rings. The van der Waals surface area contributed by atoms with Crippen molar-refractivity contribution in [3.8, 4) is 10.8 Å². The highest BCUT2D eigenvalue weighted by molar-refractivity contribution is 7.64. The maximum absolute atomic E-state index is 7.13. The molecule has 0 heterocycles. The van der Waals surface area contributed by atoms with Crippen molar-refractivity contribution in [2.45, 2.75) is 46.0 Å². The zero-order valence-electron chi connectivity index (χ0n) is 8.25. The Bertz CT molecular complexity index is 120. The summed E-state index contributed by atoms with van der Waals surface area (Å²) in [5.41, 5.74) is 0. The molecular formula is C9H16N2S2-2. The van der Waals surface area contributed by atoms with Gasteiger partial charge in [0.05, 0.1) is 0 Å². The maximum atomic E-state index is 7.13. The van der Waals surface area contributed by atoms with Crippen molar-refractivity contribution < 1.29 is 0 Å². The van der Waals surface area contributed by atoms with Gasteiger partial charge in [0.1, 0.15) is 0 Å². The summed E-state index contributed by atoms with van der Waals surface area (Å²) in [6.45, 7) is 4.49. The molecule has 0 amide bonds. The van der Waals surface area contributed by atoms with E-state index in [4.69, 9.17) is 10.5 Å². The van der Waals surface area contributed by atoms with E-state index < -0.39 is 0 Å². The lowest BCUT2D eigenvalue weighted by Gasteiger charge is -1.90. The van der Waals surface area contributed by atoms with Crippen LogP contribution >= 0.6 is 0 Å². The zero-order valence-corrected chi connectivity index (χ0v) is 9.88. The second-order valence-electron chi connectivity index (χ2n) is 2.24. The molecule has 2 nitrogen and oxygen atoms in total. The summed E-state index contributed by atoms with van der Waals surface area (Å²) in [4.78, 5) is 0. The topological polar surface area (TPSA) is 47.6 Å². The molecule has 0 rings (SSSR count). The number of nitriles is 2. The van der Waals surface area contributed by atoms with Crippen LogP contribution in [-0.4, -0.2) is 0 Å². The van der Waals surface area contributed by atoms with Crippen molar-refractivity contribution in [1.29, 1.82) is 10.5 Å². The Balaban J connectivity index is -0.000000140. The molecule has 0 aromatic heterocycles. The molecule has 0 unspecified atom stereocenters. The number of rotatable bonds is 4. The summed E-state index contributed by atoms with van der Waals surface area (Å²) in [6.07, 6.45) is 7.01. The number of unbranched alkanes of at least 4 members (excludes halogenated alkanes) is 4. The average Bonchev–Trinajstić information content (AvgIpc) is 2.08. The van der Waals surface area contributed by atoms with Crippen LogP contribution in [0.1, 0.15) is 46.0 Å². The van der Waals surface area contributed by atoms with Crippen molar-refractivity contribution in [2.24, 2.45) is 0 Å². The quantitative estimate of drug-likeness (QED) is 0.412. The normalized spacial score (nSPS) is 6.15. The van der Waals surface area contributed by atoms with Gasteiger partial charge in [0.15, 0.2) is 0 Å². The Morgan fingerprint density at radius 1 is 0.846 bits per heavy atom. The van der Waals surface area contributed by atoms with E-state index in [0.29, 0.717) is 0 Å². The Kier molecular flexibility index (Phi) is 42.2. The third-order valence-corrected chi connectivity index (χ3v) is 1.21. The first-order valence-corrected chi connectivity index (χ1v) is 5.09. The molecule has 4 heteroatoms. The van der Waals surface area contributed by atoms with E-state index in [1.807, 2.05) is 0 Å². The van der Waals surface area contributed by atoms with Gasteiger partial charge in [-0.15, -0.1) is 0 Å². The molecule has 0 aliphatic rings. The molecule has 0 saturated carbocycles. The van der Waals surface area contributed by atoms with Gasteiger partial charge in [0, 0.05) is 0 Å². The Morgan fingerprint density at radius 2 is 1.08 bits per heavy atom. The largest absolute Gasteiger partial charge is 0.696 e. The van der Waals surface area contributed by atoms with Crippen LogP contribution < -0.4 is 0 Å². The summed E-state index contributed by atoms with van der Waals surface area (Å²) < 4.78 is 0. The maximum Gasteiger partial charge on any atom is -0.0533 e. The molecule has 0 radical (unpaired) electrons. The molecule has 0 aliphatic carbocycles. The fourth-order valence-electron chi connectivity index (χ4n) is 0.677. The minimum atomic E-state index is 1.33. The standard InChI is InChI=1S/C7H16.2CHNS/c1-3-5-7-6-4-2;2*2-1-3/h3-7H2,1-2H3;2*3H/p-2. The fourth-order valence-corrected chi connectivity index (χ4v) is 0.677. The Hall–Kier alpha value is -0.580. The summed E-state index contributed by atoms with van der Waals surface area (Å²) >= 11 is 7.40. The first-order chi connectivity index (χ1) is 6.24. The van der Waals surface area contributed by atoms with Crippen molar-refractivity contribution in [3.63, 3.8) is 0 Å². The highest BCUT2D eigenvalue weighted by Gasteiger charge is 1.80. The van der Waals surface area contributed by atoms with Gasteiger partial charge in [0.25, 0.3) is 0 Å². The lowest BCUT2D eigenvalue weighted by molar-refractivity contribution is 0.656. The first-order valence-electron chi connectivity index (χ1n) is 4.27. The number of thiocyanates is 2. The van der Waals surface area contributed by atoms with Crippen LogP contribution in [0.4, 0.5) is 0 Å². The molecule has 0 aliphatic heterocycles. The Morgan fingerprint density at radius 3 is 1.23 bits per heavy atom. The minimum absolute atomic E-state index is 1.33. The summed E-state index contributed by atoms with van der Waals surface area (Å²) in [7, 11) is 0. The SMILES string of the molecule is CCCCCCC.N#C[S-].N#C[S-]. The van der Waals surface area contributed by atoms with Gasteiger partial charge in [-0.05, 0) is 0 Å². The van der Waals surface area contributed by atoms with E-state index in [1.54, 1.807) is 0 Å². The van der Waals surface area contributed by atoms with E-state index in [0.717, 1.165) is 0 Å². The summed E-state index contributed by atoms with van der Waals surface area (Å²) in [5, 5.41) is 16.9. The van der Waals surface area contributed by atoms with Crippen LogP contribution in [0.2, 0.25) is 0 Å². The molecule has 0 saturated heterocycles. The van der Waals surface area contributed by atoms with Gasteiger partial charge in [-0.3, -0.25) is 0 Å². The molecule has 0 N–H and O–H groups in total. The molecule has 0 spiro atoms. The van der Waals surface area contributed by atoms with E-state index in [9.17, 15) is 0 Å². The monoisotopic (exact) mass is 216 g/mol. The van der Waals surface area contributed by atoms with Crippen LogP contribution in [0.25, 0.3) is 0 Å². The van der Waals surface area contributed by atoms with Crippen molar-refractivity contribution in [1.82, 2.24) is 0 Å². The van der Waals surface area contributed by atoms with E-state index in [1.165, 1.54) is 42.9 Å². The minimum Gasteiger partial charge on any atom is -0.696 e. The second kappa shape index (κ2) is 30.1. The fraction of sp³-hybridized carbons (Fsp3) is 0.778. The summed E-state index contributed by atoms with van der Waals surface area (Å²) in [6, 6.07) is 0. The number of nitrogens with zero attached hydrogens (tertiary/aromatic N) is 2. The van der Waals surface area contributed by atoms with Crippen molar-refractivity contribution >= 4 is 25.3 Å². The highest BCUT2D eigenvalue weighted by atomic mass is 32.1. The first kappa shape index (κ1) is 18.3. The van der Waals surface area contributed by atoms with E-state index in [-0.39, 0.29) is 0 Å². The summed E-state index contributed by atoms with van der Waals surface area (Å²) in [5.74, 6) is 0. The van der Waals surface area contributed by atoms with Gasteiger partial charge in [-0.2, -0.15) is 0 Å².